The van der Waals surface area contributed by atoms with Gasteiger partial charge in [0.25, 0.3) is 0 Å². The van der Waals surface area contributed by atoms with Crippen molar-refractivity contribution in [2.45, 2.75) is 44.3 Å². The minimum atomic E-state index is -4.14. The van der Waals surface area contributed by atoms with Gasteiger partial charge in [0, 0.05) is 30.7 Å². The molecule has 1 fully saturated rings. The molecule has 2 aliphatic heterocycles. The normalized spacial score (nSPS) is 30.6. The third-order valence-corrected chi connectivity index (χ3v) is 4.19. The minimum absolute atomic E-state index is 0.128. The van der Waals surface area contributed by atoms with Crippen LogP contribution in [0, 0.1) is 0 Å². The molecular formula is C13H21F3N2. The Labute approximate surface area is 106 Å². The summed E-state index contributed by atoms with van der Waals surface area (Å²) in [6.07, 6.45) is 0.686. The first kappa shape index (κ1) is 13.9. The summed E-state index contributed by atoms with van der Waals surface area (Å²) in [5, 5.41) is 3.52. The van der Waals surface area contributed by atoms with Crippen molar-refractivity contribution >= 4 is 0 Å². The average molecular weight is 262 g/mol. The molecule has 0 aliphatic carbocycles. The van der Waals surface area contributed by atoms with Crippen molar-refractivity contribution in [3.8, 4) is 0 Å². The second-order valence-corrected chi connectivity index (χ2v) is 5.38. The number of nitrogens with zero attached hydrogens (tertiary/aromatic N) is 1. The van der Waals surface area contributed by atoms with E-state index in [2.05, 4.69) is 17.1 Å². The van der Waals surface area contributed by atoms with Crippen LogP contribution in [0.4, 0.5) is 13.2 Å². The molecule has 0 amide bonds. The zero-order valence-corrected chi connectivity index (χ0v) is 10.8. The molecule has 1 unspecified atom stereocenters. The Morgan fingerprint density at radius 2 is 2.22 bits per heavy atom. The van der Waals surface area contributed by atoms with Gasteiger partial charge in [0.1, 0.15) is 0 Å². The van der Waals surface area contributed by atoms with Gasteiger partial charge < -0.3 is 5.32 Å². The summed E-state index contributed by atoms with van der Waals surface area (Å²) in [6, 6.07) is 0. The third kappa shape index (κ3) is 3.06. The highest BCUT2D eigenvalue weighted by Gasteiger charge is 2.37. The largest absolute Gasteiger partial charge is 0.412 e. The molecule has 2 heterocycles. The molecule has 2 nitrogen and oxygen atoms in total. The van der Waals surface area contributed by atoms with Crippen molar-refractivity contribution in [2.24, 2.45) is 0 Å². The van der Waals surface area contributed by atoms with Crippen LogP contribution >= 0.6 is 0 Å². The first-order valence-corrected chi connectivity index (χ1v) is 6.69. The van der Waals surface area contributed by atoms with E-state index in [0.29, 0.717) is 13.1 Å². The van der Waals surface area contributed by atoms with Gasteiger partial charge in [0.15, 0.2) is 0 Å². The standard InChI is InChI=1S/C13H21F3N2/c1-2-12(6-3-7-17-12)10-18-8-4-11(5-9-18)13(14,15)16/h4,17H,2-3,5-10H2,1H3. The lowest BCUT2D eigenvalue weighted by Crippen LogP contribution is -2.50. The number of halogens is 3. The molecule has 0 aromatic carbocycles. The van der Waals surface area contributed by atoms with Gasteiger partial charge in [-0.15, -0.1) is 0 Å². The van der Waals surface area contributed by atoms with Gasteiger partial charge in [-0.05, 0) is 32.2 Å². The van der Waals surface area contributed by atoms with Crippen molar-refractivity contribution in [1.29, 1.82) is 0 Å². The van der Waals surface area contributed by atoms with Crippen molar-refractivity contribution in [2.75, 3.05) is 26.2 Å². The maximum Gasteiger partial charge on any atom is 0.412 e. The van der Waals surface area contributed by atoms with E-state index >= 15 is 0 Å². The summed E-state index contributed by atoms with van der Waals surface area (Å²) in [5.74, 6) is 0. The van der Waals surface area contributed by atoms with E-state index in [-0.39, 0.29) is 17.5 Å². The molecule has 104 valence electrons. The van der Waals surface area contributed by atoms with Crippen LogP contribution in [0.1, 0.15) is 32.6 Å². The van der Waals surface area contributed by atoms with Crippen LogP contribution in [0.5, 0.6) is 0 Å². The SMILES string of the molecule is CCC1(CN2CC=C(C(F)(F)F)CC2)CCCN1. The highest BCUT2D eigenvalue weighted by atomic mass is 19.4. The molecule has 0 spiro atoms. The van der Waals surface area contributed by atoms with Gasteiger partial charge >= 0.3 is 6.18 Å². The van der Waals surface area contributed by atoms with Crippen LogP contribution in [0.15, 0.2) is 11.6 Å². The Balaban J connectivity index is 1.92. The Kier molecular flexibility index (Phi) is 4.02. The topological polar surface area (TPSA) is 15.3 Å². The summed E-state index contributed by atoms with van der Waals surface area (Å²) >= 11 is 0. The Bertz CT molecular complexity index is 317. The molecule has 0 aromatic rings. The molecular weight excluding hydrogens is 241 g/mol. The van der Waals surface area contributed by atoms with Crippen LogP contribution in [-0.4, -0.2) is 42.8 Å². The molecule has 0 saturated carbocycles. The van der Waals surface area contributed by atoms with E-state index in [1.165, 1.54) is 12.5 Å². The lowest BCUT2D eigenvalue weighted by Gasteiger charge is -2.36. The fourth-order valence-electron chi connectivity index (χ4n) is 2.96. The third-order valence-electron chi connectivity index (χ3n) is 4.19. The monoisotopic (exact) mass is 262 g/mol. The maximum absolute atomic E-state index is 12.5. The summed E-state index contributed by atoms with van der Waals surface area (Å²) in [4.78, 5) is 2.14. The lowest BCUT2D eigenvalue weighted by atomic mass is 9.92. The number of nitrogens with one attached hydrogen (secondary N) is 1. The van der Waals surface area contributed by atoms with Gasteiger partial charge in [-0.25, -0.2) is 0 Å². The van der Waals surface area contributed by atoms with E-state index in [1.807, 2.05) is 0 Å². The predicted molar refractivity (Wildman–Crippen MR) is 65.5 cm³/mol. The maximum atomic E-state index is 12.5. The Morgan fingerprint density at radius 3 is 2.67 bits per heavy atom. The Morgan fingerprint density at radius 1 is 1.44 bits per heavy atom. The summed E-state index contributed by atoms with van der Waals surface area (Å²) in [6.45, 7) is 5.00. The van der Waals surface area contributed by atoms with E-state index < -0.39 is 6.18 Å². The highest BCUT2D eigenvalue weighted by molar-refractivity contribution is 5.13. The van der Waals surface area contributed by atoms with Gasteiger partial charge in [0.2, 0.25) is 0 Å². The molecule has 2 rings (SSSR count). The fourth-order valence-corrected chi connectivity index (χ4v) is 2.96. The van der Waals surface area contributed by atoms with Crippen molar-refractivity contribution in [3.63, 3.8) is 0 Å². The summed E-state index contributed by atoms with van der Waals surface area (Å²) in [5.41, 5.74) is -0.229. The van der Waals surface area contributed by atoms with Gasteiger partial charge in [-0.3, -0.25) is 4.90 Å². The number of alkyl halides is 3. The van der Waals surface area contributed by atoms with Crippen LogP contribution < -0.4 is 5.32 Å². The van der Waals surface area contributed by atoms with Crippen molar-refractivity contribution in [1.82, 2.24) is 10.2 Å². The molecule has 0 aromatic heterocycles. The summed E-state index contributed by atoms with van der Waals surface area (Å²) in [7, 11) is 0. The van der Waals surface area contributed by atoms with E-state index in [1.54, 1.807) is 0 Å². The zero-order chi connectivity index (χ0) is 13.2. The van der Waals surface area contributed by atoms with E-state index in [9.17, 15) is 13.2 Å². The number of hydrogen-bond acceptors (Lipinski definition) is 2. The minimum Gasteiger partial charge on any atom is -0.310 e. The molecule has 5 heteroatoms. The zero-order valence-electron chi connectivity index (χ0n) is 10.8. The smallest absolute Gasteiger partial charge is 0.310 e. The molecule has 1 saturated heterocycles. The van der Waals surface area contributed by atoms with Crippen molar-refractivity contribution < 1.29 is 13.2 Å². The van der Waals surface area contributed by atoms with Crippen LogP contribution in [0.3, 0.4) is 0 Å². The molecule has 1 N–H and O–H groups in total. The van der Waals surface area contributed by atoms with E-state index in [4.69, 9.17) is 0 Å². The number of rotatable bonds is 3. The first-order chi connectivity index (χ1) is 8.45. The number of hydrogen-bond donors (Lipinski definition) is 1. The molecule has 1 atom stereocenters. The average Bonchev–Trinajstić information content (AvgIpc) is 2.78. The van der Waals surface area contributed by atoms with Crippen molar-refractivity contribution in [3.05, 3.63) is 11.6 Å². The van der Waals surface area contributed by atoms with Crippen LogP contribution in [0.25, 0.3) is 0 Å². The second kappa shape index (κ2) is 5.21. The Hall–Kier alpha value is -0.550. The molecule has 0 bridgehead atoms. The van der Waals surface area contributed by atoms with Crippen LogP contribution in [-0.2, 0) is 0 Å². The molecule has 18 heavy (non-hydrogen) atoms. The summed E-state index contributed by atoms with van der Waals surface area (Å²) < 4.78 is 37.5. The predicted octanol–water partition coefficient (Wildman–Crippen LogP) is 2.71. The molecule has 2 aliphatic rings. The van der Waals surface area contributed by atoms with Gasteiger partial charge in [0.05, 0.1) is 0 Å². The quantitative estimate of drug-likeness (QED) is 0.787. The van der Waals surface area contributed by atoms with Gasteiger partial charge in [-0.2, -0.15) is 13.2 Å². The highest BCUT2D eigenvalue weighted by Crippen LogP contribution is 2.31. The first-order valence-electron chi connectivity index (χ1n) is 6.69. The van der Waals surface area contributed by atoms with Gasteiger partial charge in [-0.1, -0.05) is 13.0 Å². The lowest BCUT2D eigenvalue weighted by molar-refractivity contribution is -0.0961. The molecule has 0 radical (unpaired) electrons. The fraction of sp³-hybridized carbons (Fsp3) is 0.846. The second-order valence-electron chi connectivity index (χ2n) is 5.38. The van der Waals surface area contributed by atoms with Crippen LogP contribution in [0.2, 0.25) is 0 Å². The van der Waals surface area contributed by atoms with E-state index in [0.717, 1.165) is 25.9 Å².